The third kappa shape index (κ3) is 4.57. The van der Waals surface area contributed by atoms with Crippen molar-refractivity contribution in [1.29, 1.82) is 0 Å². The predicted molar refractivity (Wildman–Crippen MR) is 210 cm³/mol. The van der Waals surface area contributed by atoms with E-state index in [1.54, 1.807) is 0 Å². The van der Waals surface area contributed by atoms with Gasteiger partial charge in [0.2, 0.25) is 0 Å². The van der Waals surface area contributed by atoms with Crippen LogP contribution < -0.4 is 0 Å². The molecular formula is C48H31NO. The van der Waals surface area contributed by atoms with Crippen molar-refractivity contribution in [3.05, 3.63) is 188 Å². The molecule has 2 heterocycles. The second-order valence-electron chi connectivity index (χ2n) is 12.9. The molecule has 0 saturated heterocycles. The fourth-order valence-electron chi connectivity index (χ4n) is 7.64. The predicted octanol–water partition coefficient (Wildman–Crippen LogP) is 13.4. The summed E-state index contributed by atoms with van der Waals surface area (Å²) >= 11 is 0. The molecule has 0 aliphatic heterocycles. The van der Waals surface area contributed by atoms with Crippen LogP contribution in [0, 0.1) is 0 Å². The third-order valence-corrected chi connectivity index (χ3v) is 10.0. The summed E-state index contributed by atoms with van der Waals surface area (Å²) < 4.78 is 9.18. The van der Waals surface area contributed by atoms with E-state index in [0.717, 1.165) is 49.9 Å². The van der Waals surface area contributed by atoms with Crippen LogP contribution in [-0.2, 0) is 0 Å². The van der Waals surface area contributed by atoms with Gasteiger partial charge in [-0.05, 0) is 69.8 Å². The minimum atomic E-state index is 0.916. The zero-order chi connectivity index (χ0) is 33.0. The Labute approximate surface area is 290 Å². The molecule has 2 aromatic heterocycles. The number of fused-ring (bicyclic) bond motifs is 6. The summed E-state index contributed by atoms with van der Waals surface area (Å²) in [4.78, 5) is 0. The van der Waals surface area contributed by atoms with Gasteiger partial charge in [-0.15, -0.1) is 0 Å². The lowest BCUT2D eigenvalue weighted by Gasteiger charge is -2.12. The zero-order valence-electron chi connectivity index (χ0n) is 27.3. The highest BCUT2D eigenvalue weighted by atomic mass is 16.3. The van der Waals surface area contributed by atoms with E-state index in [2.05, 4.69) is 193 Å². The van der Waals surface area contributed by atoms with Gasteiger partial charge in [-0.25, -0.2) is 0 Å². The molecule has 234 valence electrons. The van der Waals surface area contributed by atoms with Crippen molar-refractivity contribution in [2.45, 2.75) is 0 Å². The van der Waals surface area contributed by atoms with Gasteiger partial charge >= 0.3 is 0 Å². The van der Waals surface area contributed by atoms with E-state index in [1.807, 2.05) is 0 Å². The van der Waals surface area contributed by atoms with Crippen LogP contribution in [0.4, 0.5) is 0 Å². The fourth-order valence-corrected chi connectivity index (χ4v) is 7.64. The molecule has 0 unspecified atom stereocenters. The van der Waals surface area contributed by atoms with Crippen LogP contribution in [0.15, 0.2) is 192 Å². The molecule has 2 heteroatoms. The van der Waals surface area contributed by atoms with Gasteiger partial charge in [-0.2, -0.15) is 0 Å². The zero-order valence-corrected chi connectivity index (χ0v) is 27.3. The van der Waals surface area contributed by atoms with Crippen LogP contribution in [0.1, 0.15) is 0 Å². The average Bonchev–Trinajstić information content (AvgIpc) is 3.74. The minimum Gasteiger partial charge on any atom is -0.455 e. The third-order valence-electron chi connectivity index (χ3n) is 10.0. The van der Waals surface area contributed by atoms with Gasteiger partial charge in [0, 0.05) is 38.4 Å². The molecule has 0 spiro atoms. The Bertz CT molecular complexity index is 2860. The van der Waals surface area contributed by atoms with Gasteiger partial charge < -0.3 is 8.98 Å². The smallest absolute Gasteiger partial charge is 0.143 e. The molecule has 50 heavy (non-hydrogen) atoms. The number of hydrogen-bond acceptors (Lipinski definition) is 1. The van der Waals surface area contributed by atoms with Gasteiger partial charge in [0.25, 0.3) is 0 Å². The number of furan rings is 1. The largest absolute Gasteiger partial charge is 0.455 e. The second-order valence-corrected chi connectivity index (χ2v) is 12.9. The van der Waals surface area contributed by atoms with Crippen molar-refractivity contribution >= 4 is 43.7 Å². The van der Waals surface area contributed by atoms with Gasteiger partial charge in [0.05, 0.1) is 11.0 Å². The SMILES string of the molecule is c1ccc(-c2cccc(-c3cccc(-n4c5ccccc5c5cc(-c6cccc7c6oc6c(-c8ccccc8)cccc67)ccc54)c3)c2)cc1. The molecule has 0 bridgehead atoms. The number of hydrogen-bond donors (Lipinski definition) is 0. The van der Waals surface area contributed by atoms with Crippen LogP contribution in [-0.4, -0.2) is 4.57 Å². The van der Waals surface area contributed by atoms with Gasteiger partial charge in [0.1, 0.15) is 11.2 Å². The first-order valence-electron chi connectivity index (χ1n) is 17.1. The Morgan fingerprint density at radius 1 is 0.300 bits per heavy atom. The molecule has 0 aliphatic rings. The van der Waals surface area contributed by atoms with E-state index in [-0.39, 0.29) is 0 Å². The first-order valence-corrected chi connectivity index (χ1v) is 17.1. The Morgan fingerprint density at radius 3 is 1.56 bits per heavy atom. The normalized spacial score (nSPS) is 11.6. The molecular weight excluding hydrogens is 607 g/mol. The summed E-state index contributed by atoms with van der Waals surface area (Å²) in [7, 11) is 0. The molecule has 0 atom stereocenters. The standard InChI is InChI=1S/C48H31NO/c1-3-13-32(14-4-1)34-17-9-18-35(29-34)36-19-10-20-38(30-36)49-45-26-8-7-21-41(45)44-31-37(27-28-46(44)49)40-23-12-25-43-42-24-11-22-39(47(42)50-48(40)43)33-15-5-2-6-16-33/h1-31H. The molecule has 0 N–H and O–H groups in total. The maximum atomic E-state index is 6.78. The molecule has 0 amide bonds. The van der Waals surface area contributed by atoms with E-state index in [9.17, 15) is 0 Å². The molecule has 0 radical (unpaired) electrons. The van der Waals surface area contributed by atoms with Gasteiger partial charge in [-0.3, -0.25) is 0 Å². The summed E-state index contributed by atoms with van der Waals surface area (Å²) in [6, 6.07) is 67.3. The summed E-state index contributed by atoms with van der Waals surface area (Å²) in [6.07, 6.45) is 0. The van der Waals surface area contributed by atoms with Gasteiger partial charge in [-0.1, -0.05) is 152 Å². The Balaban J connectivity index is 1.12. The van der Waals surface area contributed by atoms with Crippen molar-refractivity contribution in [3.63, 3.8) is 0 Å². The Hall–Kier alpha value is -6.64. The van der Waals surface area contributed by atoms with Crippen molar-refractivity contribution in [3.8, 4) is 50.2 Å². The maximum absolute atomic E-state index is 6.78. The van der Waals surface area contributed by atoms with Crippen LogP contribution >= 0.6 is 0 Å². The van der Waals surface area contributed by atoms with Crippen molar-refractivity contribution in [2.75, 3.05) is 0 Å². The van der Waals surface area contributed by atoms with Crippen molar-refractivity contribution in [2.24, 2.45) is 0 Å². The lowest BCUT2D eigenvalue weighted by Crippen LogP contribution is -1.94. The van der Waals surface area contributed by atoms with Crippen molar-refractivity contribution in [1.82, 2.24) is 4.57 Å². The molecule has 10 rings (SSSR count). The number of aromatic nitrogens is 1. The highest BCUT2D eigenvalue weighted by Gasteiger charge is 2.18. The van der Waals surface area contributed by atoms with E-state index >= 15 is 0 Å². The monoisotopic (exact) mass is 637 g/mol. The first-order chi connectivity index (χ1) is 24.8. The summed E-state index contributed by atoms with van der Waals surface area (Å²) in [5, 5.41) is 4.71. The summed E-state index contributed by atoms with van der Waals surface area (Å²) in [6.45, 7) is 0. The Kier molecular flexibility index (Phi) is 6.53. The molecule has 10 aromatic rings. The quantitative estimate of drug-likeness (QED) is 0.184. The fraction of sp³-hybridized carbons (Fsp3) is 0. The lowest BCUT2D eigenvalue weighted by molar-refractivity contribution is 0.671. The van der Waals surface area contributed by atoms with Crippen molar-refractivity contribution < 1.29 is 4.42 Å². The average molecular weight is 638 g/mol. The second kappa shape index (κ2) is 11.5. The summed E-state index contributed by atoms with van der Waals surface area (Å²) in [5.41, 5.74) is 14.7. The van der Waals surface area contributed by atoms with Gasteiger partial charge in [0.15, 0.2) is 0 Å². The van der Waals surface area contributed by atoms with Crippen LogP contribution in [0.2, 0.25) is 0 Å². The van der Waals surface area contributed by atoms with Crippen LogP contribution in [0.5, 0.6) is 0 Å². The number of benzene rings is 8. The summed E-state index contributed by atoms with van der Waals surface area (Å²) in [5.74, 6) is 0. The highest BCUT2D eigenvalue weighted by Crippen LogP contribution is 2.42. The maximum Gasteiger partial charge on any atom is 0.143 e. The molecule has 2 nitrogen and oxygen atoms in total. The minimum absolute atomic E-state index is 0.916. The van der Waals surface area contributed by atoms with E-state index in [1.165, 1.54) is 44.1 Å². The molecule has 8 aromatic carbocycles. The highest BCUT2D eigenvalue weighted by molar-refractivity contribution is 6.15. The lowest BCUT2D eigenvalue weighted by atomic mass is 9.99. The topological polar surface area (TPSA) is 18.1 Å². The molecule has 0 fully saturated rings. The van der Waals surface area contributed by atoms with Crippen LogP contribution in [0.3, 0.4) is 0 Å². The molecule has 0 aliphatic carbocycles. The van der Waals surface area contributed by atoms with E-state index < -0.39 is 0 Å². The number of nitrogens with zero attached hydrogens (tertiary/aromatic N) is 1. The number of rotatable bonds is 5. The van der Waals surface area contributed by atoms with E-state index in [0.29, 0.717) is 0 Å². The number of para-hydroxylation sites is 3. The first kappa shape index (κ1) is 28.4. The Morgan fingerprint density at radius 2 is 0.820 bits per heavy atom. The van der Waals surface area contributed by atoms with Crippen LogP contribution in [0.25, 0.3) is 93.9 Å². The van der Waals surface area contributed by atoms with E-state index in [4.69, 9.17) is 4.42 Å². The molecule has 0 saturated carbocycles.